The molecule has 4 heteroatoms. The molecule has 0 fully saturated rings. The Morgan fingerprint density at radius 1 is 1.64 bits per heavy atom. The van der Waals surface area contributed by atoms with Crippen molar-refractivity contribution in [2.75, 3.05) is 6.54 Å². The van der Waals surface area contributed by atoms with E-state index < -0.39 is 0 Å². The molecule has 0 bridgehead atoms. The summed E-state index contributed by atoms with van der Waals surface area (Å²) in [5.74, 6) is 0. The number of thiophene rings is 1. The monoisotopic (exact) mass is 203 g/mol. The summed E-state index contributed by atoms with van der Waals surface area (Å²) in [4.78, 5) is 6.04. The molecule has 3 nitrogen and oxygen atoms in total. The second kappa shape index (κ2) is 4.07. The van der Waals surface area contributed by atoms with E-state index in [-0.39, 0.29) is 0 Å². The van der Waals surface area contributed by atoms with Crippen molar-refractivity contribution in [3.8, 4) is 6.07 Å². The van der Waals surface area contributed by atoms with Crippen molar-refractivity contribution in [2.45, 2.75) is 6.54 Å². The molecule has 1 aromatic rings. The number of nitrogens with zero attached hydrogens (tertiary/aromatic N) is 3. The normalized spacial score (nSPS) is 15.1. The van der Waals surface area contributed by atoms with Gasteiger partial charge in [0, 0.05) is 12.7 Å². The van der Waals surface area contributed by atoms with Crippen molar-refractivity contribution >= 4 is 17.7 Å². The highest BCUT2D eigenvalue weighted by atomic mass is 32.1. The molecule has 0 N–H and O–H groups in total. The summed E-state index contributed by atoms with van der Waals surface area (Å²) >= 11 is 1.68. The van der Waals surface area contributed by atoms with E-state index in [1.807, 2.05) is 4.90 Å². The Balaban J connectivity index is 2.00. The average molecular weight is 203 g/mol. The summed E-state index contributed by atoms with van der Waals surface area (Å²) in [5.41, 5.74) is 1.98. The SMILES string of the molecule is N#CC1=CN=CN(Cc2ccsc2)C1. The van der Waals surface area contributed by atoms with Gasteiger partial charge in [0.15, 0.2) is 0 Å². The Hall–Kier alpha value is -1.60. The van der Waals surface area contributed by atoms with Gasteiger partial charge in [-0.2, -0.15) is 16.6 Å². The van der Waals surface area contributed by atoms with E-state index >= 15 is 0 Å². The van der Waals surface area contributed by atoms with Crippen molar-refractivity contribution in [2.24, 2.45) is 4.99 Å². The highest BCUT2D eigenvalue weighted by Gasteiger charge is 2.08. The summed E-state index contributed by atoms with van der Waals surface area (Å²) in [6.07, 6.45) is 3.39. The molecule has 0 atom stereocenters. The third-order valence-electron chi connectivity index (χ3n) is 1.94. The van der Waals surface area contributed by atoms with E-state index in [9.17, 15) is 0 Å². The van der Waals surface area contributed by atoms with Crippen LogP contribution in [0, 0.1) is 11.3 Å². The summed E-state index contributed by atoms with van der Waals surface area (Å²) in [6, 6.07) is 4.21. The first kappa shape index (κ1) is 8.97. The summed E-state index contributed by atoms with van der Waals surface area (Å²) in [6.45, 7) is 1.49. The maximum atomic E-state index is 8.72. The zero-order valence-corrected chi connectivity index (χ0v) is 8.37. The Morgan fingerprint density at radius 3 is 3.29 bits per heavy atom. The van der Waals surface area contributed by atoms with Crippen molar-refractivity contribution in [1.82, 2.24) is 4.90 Å². The fourth-order valence-corrected chi connectivity index (χ4v) is 1.96. The van der Waals surface area contributed by atoms with Gasteiger partial charge in [0.2, 0.25) is 0 Å². The van der Waals surface area contributed by atoms with Crippen LogP contribution in [0.3, 0.4) is 0 Å². The molecule has 70 valence electrons. The minimum Gasteiger partial charge on any atom is -0.353 e. The number of hydrogen-bond acceptors (Lipinski definition) is 4. The van der Waals surface area contributed by atoms with E-state index in [0.29, 0.717) is 12.1 Å². The number of nitriles is 1. The van der Waals surface area contributed by atoms with E-state index in [2.05, 4.69) is 27.9 Å². The van der Waals surface area contributed by atoms with Crippen LogP contribution in [0.1, 0.15) is 5.56 Å². The summed E-state index contributed by atoms with van der Waals surface area (Å²) in [5, 5.41) is 12.9. The molecule has 1 aromatic heterocycles. The predicted octanol–water partition coefficient (Wildman–Crippen LogP) is 2.00. The average Bonchev–Trinajstić information content (AvgIpc) is 2.71. The lowest BCUT2D eigenvalue weighted by Gasteiger charge is -2.20. The standard InChI is InChI=1S/C10H9N3S/c11-3-10-4-12-8-13(6-10)5-9-1-2-14-7-9/h1-2,4,7-8H,5-6H2. The molecule has 2 heterocycles. The Morgan fingerprint density at radius 2 is 2.57 bits per heavy atom. The van der Waals surface area contributed by atoms with Crippen LogP contribution in [0.5, 0.6) is 0 Å². The maximum absolute atomic E-state index is 8.72. The van der Waals surface area contributed by atoms with Gasteiger partial charge in [0.1, 0.15) is 0 Å². The third kappa shape index (κ3) is 2.01. The highest BCUT2D eigenvalue weighted by molar-refractivity contribution is 7.07. The second-order valence-electron chi connectivity index (χ2n) is 3.07. The molecule has 2 rings (SSSR count). The molecule has 0 unspecified atom stereocenters. The Kier molecular flexibility index (Phi) is 2.61. The predicted molar refractivity (Wildman–Crippen MR) is 56.9 cm³/mol. The van der Waals surface area contributed by atoms with Gasteiger partial charge in [0.25, 0.3) is 0 Å². The first-order valence-electron chi connectivity index (χ1n) is 4.26. The lowest BCUT2D eigenvalue weighted by molar-refractivity contribution is 0.459. The van der Waals surface area contributed by atoms with Gasteiger partial charge >= 0.3 is 0 Å². The molecule has 0 aromatic carbocycles. The number of hydrogen-bond donors (Lipinski definition) is 0. The summed E-state index contributed by atoms with van der Waals surface area (Å²) in [7, 11) is 0. The maximum Gasteiger partial charge on any atom is 0.0982 e. The lowest BCUT2D eigenvalue weighted by atomic mass is 10.2. The van der Waals surface area contributed by atoms with Crippen molar-refractivity contribution in [1.29, 1.82) is 5.26 Å². The number of aliphatic imine (C=N–C) groups is 1. The molecule has 1 aliphatic heterocycles. The van der Waals surface area contributed by atoms with Crippen LogP contribution in [-0.2, 0) is 6.54 Å². The zero-order valence-electron chi connectivity index (χ0n) is 7.55. The largest absolute Gasteiger partial charge is 0.353 e. The first-order chi connectivity index (χ1) is 6.88. The Bertz CT molecular complexity index is 398. The smallest absolute Gasteiger partial charge is 0.0982 e. The van der Waals surface area contributed by atoms with E-state index in [4.69, 9.17) is 5.26 Å². The third-order valence-corrected chi connectivity index (χ3v) is 2.68. The van der Waals surface area contributed by atoms with Gasteiger partial charge in [-0.15, -0.1) is 0 Å². The van der Waals surface area contributed by atoms with Gasteiger partial charge in [-0.3, -0.25) is 0 Å². The molecule has 1 aliphatic rings. The minimum absolute atomic E-state index is 0.663. The minimum atomic E-state index is 0.663. The van der Waals surface area contributed by atoms with Crippen LogP contribution in [0.4, 0.5) is 0 Å². The zero-order chi connectivity index (χ0) is 9.80. The van der Waals surface area contributed by atoms with Gasteiger partial charge in [-0.1, -0.05) is 0 Å². The van der Waals surface area contributed by atoms with Gasteiger partial charge < -0.3 is 4.90 Å². The summed E-state index contributed by atoms with van der Waals surface area (Å²) < 4.78 is 0. The molecule has 0 amide bonds. The van der Waals surface area contributed by atoms with Gasteiger partial charge in [-0.05, 0) is 22.4 Å². The molecular weight excluding hydrogens is 194 g/mol. The molecule has 0 aliphatic carbocycles. The van der Waals surface area contributed by atoms with E-state index in [1.54, 1.807) is 23.9 Å². The fourth-order valence-electron chi connectivity index (χ4n) is 1.30. The lowest BCUT2D eigenvalue weighted by Crippen LogP contribution is -2.25. The van der Waals surface area contributed by atoms with Crippen molar-refractivity contribution in [3.05, 3.63) is 34.2 Å². The second-order valence-corrected chi connectivity index (χ2v) is 3.85. The highest BCUT2D eigenvalue weighted by Crippen LogP contribution is 2.11. The van der Waals surface area contributed by atoms with Crippen molar-refractivity contribution < 1.29 is 0 Å². The quantitative estimate of drug-likeness (QED) is 0.737. The van der Waals surface area contributed by atoms with E-state index in [0.717, 1.165) is 6.54 Å². The fraction of sp³-hybridized carbons (Fsp3) is 0.200. The first-order valence-corrected chi connectivity index (χ1v) is 5.20. The van der Waals surface area contributed by atoms with Crippen LogP contribution >= 0.6 is 11.3 Å². The van der Waals surface area contributed by atoms with Crippen molar-refractivity contribution in [3.63, 3.8) is 0 Å². The molecular formula is C10H9N3S. The van der Waals surface area contributed by atoms with Crippen LogP contribution in [0.25, 0.3) is 0 Å². The van der Waals surface area contributed by atoms with E-state index in [1.165, 1.54) is 5.56 Å². The Labute approximate surface area is 86.6 Å². The van der Waals surface area contributed by atoms with Crippen LogP contribution in [-0.4, -0.2) is 17.8 Å². The number of rotatable bonds is 2. The molecule has 0 saturated heterocycles. The molecule has 0 radical (unpaired) electrons. The topological polar surface area (TPSA) is 39.4 Å². The van der Waals surface area contributed by atoms with Crippen LogP contribution in [0.2, 0.25) is 0 Å². The molecule has 0 saturated carbocycles. The van der Waals surface area contributed by atoms with Gasteiger partial charge in [0.05, 0.1) is 24.5 Å². The van der Waals surface area contributed by atoms with Crippen LogP contribution < -0.4 is 0 Å². The van der Waals surface area contributed by atoms with Gasteiger partial charge in [-0.25, -0.2) is 4.99 Å². The molecule has 14 heavy (non-hydrogen) atoms. The molecule has 0 spiro atoms. The van der Waals surface area contributed by atoms with Crippen LogP contribution in [0.15, 0.2) is 33.6 Å².